The highest BCUT2D eigenvalue weighted by Gasteiger charge is 2.41. The number of aromatic nitrogens is 1. The molecule has 0 bridgehead atoms. The molecule has 0 spiro atoms. The summed E-state index contributed by atoms with van der Waals surface area (Å²) in [7, 11) is 0. The number of rotatable bonds is 10. The third-order valence-electron chi connectivity index (χ3n) is 2.74. The quantitative estimate of drug-likeness (QED) is 0.507. The zero-order valence-electron chi connectivity index (χ0n) is 12.6. The Morgan fingerprint density at radius 3 is 2.61 bits per heavy atom. The van der Waals surface area contributed by atoms with E-state index in [0.717, 1.165) is 19.2 Å². The van der Waals surface area contributed by atoms with E-state index in [1.54, 1.807) is 0 Å². The van der Waals surface area contributed by atoms with Crippen LogP contribution in [-0.2, 0) is 0 Å². The molecule has 1 amide bonds. The molecule has 1 aromatic rings. The number of ether oxygens (including phenoxy) is 1. The molecule has 1 heterocycles. The number of halogens is 4. The van der Waals surface area contributed by atoms with Crippen LogP contribution in [-0.4, -0.2) is 49.5 Å². The summed E-state index contributed by atoms with van der Waals surface area (Å²) >= 11 is 0. The third kappa shape index (κ3) is 6.81. The number of hydrogen-bond donors (Lipinski definition) is 2. The summed E-state index contributed by atoms with van der Waals surface area (Å²) in [6.45, 7) is 2.45. The van der Waals surface area contributed by atoms with Gasteiger partial charge in [-0.05, 0) is 19.0 Å². The number of nitrogens with zero attached hydrogens (tertiary/aromatic N) is 1. The Kier molecular flexibility index (Phi) is 7.73. The first-order valence-corrected chi connectivity index (χ1v) is 7.10. The van der Waals surface area contributed by atoms with Crippen LogP contribution in [0.15, 0.2) is 18.3 Å². The molecule has 0 aliphatic carbocycles. The lowest BCUT2D eigenvalue weighted by atomic mass is 10.2. The average Bonchev–Trinajstić information content (AvgIpc) is 2.53. The minimum Gasteiger partial charge on any atom is -0.471 e. The van der Waals surface area contributed by atoms with Gasteiger partial charge < -0.3 is 15.4 Å². The Bertz CT molecular complexity index is 483. The van der Waals surface area contributed by atoms with Gasteiger partial charge in [0.1, 0.15) is 0 Å². The van der Waals surface area contributed by atoms with Crippen LogP contribution in [0.5, 0.6) is 5.88 Å². The molecule has 0 saturated heterocycles. The molecule has 2 N–H and O–H groups in total. The van der Waals surface area contributed by atoms with E-state index < -0.39 is 19.0 Å². The second-order valence-corrected chi connectivity index (χ2v) is 4.74. The Hall–Kier alpha value is -1.90. The number of nitrogens with one attached hydrogen (secondary N) is 2. The van der Waals surface area contributed by atoms with Crippen molar-refractivity contribution in [3.63, 3.8) is 0 Å². The minimum atomic E-state index is -4.25. The normalized spacial score (nSPS) is 11.6. The predicted molar refractivity (Wildman–Crippen MR) is 76.2 cm³/mol. The molecule has 0 unspecified atom stereocenters. The van der Waals surface area contributed by atoms with Crippen molar-refractivity contribution in [1.29, 1.82) is 0 Å². The molecule has 1 aromatic heterocycles. The standard InChI is InChI=1S/C14H19F4N3O2/c1-2-5-19-6-7-20-12(22)10-3-4-11(21-8-10)23-9-14(17,18)13(15)16/h3-4,8,13,19H,2,5-7,9H2,1H3,(H,20,22). The first kappa shape index (κ1) is 19.1. The first-order valence-electron chi connectivity index (χ1n) is 7.10. The summed E-state index contributed by atoms with van der Waals surface area (Å²) in [4.78, 5) is 15.4. The molecule has 5 nitrogen and oxygen atoms in total. The molecule has 23 heavy (non-hydrogen) atoms. The summed E-state index contributed by atoms with van der Waals surface area (Å²) in [5.74, 6) is -4.88. The van der Waals surface area contributed by atoms with Gasteiger partial charge in [-0.3, -0.25) is 4.79 Å². The van der Waals surface area contributed by atoms with Gasteiger partial charge in [0.2, 0.25) is 5.88 Å². The lowest BCUT2D eigenvalue weighted by molar-refractivity contribution is -0.148. The van der Waals surface area contributed by atoms with Gasteiger partial charge in [-0.15, -0.1) is 0 Å². The lowest BCUT2D eigenvalue weighted by Gasteiger charge is -2.15. The van der Waals surface area contributed by atoms with E-state index in [0.29, 0.717) is 13.1 Å². The van der Waals surface area contributed by atoms with Gasteiger partial charge in [-0.2, -0.15) is 8.78 Å². The minimum absolute atomic E-state index is 0.216. The predicted octanol–water partition coefficient (Wildman–Crippen LogP) is 2.09. The Morgan fingerprint density at radius 2 is 2.04 bits per heavy atom. The number of alkyl halides is 4. The highest BCUT2D eigenvalue weighted by molar-refractivity contribution is 5.93. The molecule has 0 aliphatic heterocycles. The summed E-state index contributed by atoms with van der Waals surface area (Å²) in [5.41, 5.74) is 0.216. The Morgan fingerprint density at radius 1 is 1.30 bits per heavy atom. The van der Waals surface area contributed by atoms with E-state index in [4.69, 9.17) is 0 Å². The van der Waals surface area contributed by atoms with E-state index in [2.05, 4.69) is 20.4 Å². The van der Waals surface area contributed by atoms with Crippen molar-refractivity contribution in [3.8, 4) is 5.88 Å². The van der Waals surface area contributed by atoms with Crippen molar-refractivity contribution in [3.05, 3.63) is 23.9 Å². The van der Waals surface area contributed by atoms with Gasteiger partial charge in [-0.25, -0.2) is 13.8 Å². The maximum atomic E-state index is 12.7. The molecule has 1 rings (SSSR count). The molecule has 130 valence electrons. The van der Waals surface area contributed by atoms with Crippen LogP contribution < -0.4 is 15.4 Å². The lowest BCUT2D eigenvalue weighted by Crippen LogP contribution is -2.34. The van der Waals surface area contributed by atoms with Crippen molar-refractivity contribution in [2.75, 3.05) is 26.2 Å². The second-order valence-electron chi connectivity index (χ2n) is 4.74. The SMILES string of the molecule is CCCNCCNC(=O)c1ccc(OCC(F)(F)C(F)F)nc1. The van der Waals surface area contributed by atoms with E-state index in [1.165, 1.54) is 12.1 Å². The summed E-state index contributed by atoms with van der Waals surface area (Å²) in [6, 6.07) is 2.49. The highest BCUT2D eigenvalue weighted by atomic mass is 19.3. The van der Waals surface area contributed by atoms with Gasteiger partial charge in [0.05, 0.1) is 5.56 Å². The Balaban J connectivity index is 2.42. The maximum absolute atomic E-state index is 12.7. The van der Waals surface area contributed by atoms with E-state index in [1.807, 2.05) is 6.92 Å². The van der Waals surface area contributed by atoms with Crippen LogP contribution in [0.4, 0.5) is 17.6 Å². The fourth-order valence-corrected chi connectivity index (χ4v) is 1.50. The average molecular weight is 337 g/mol. The van der Waals surface area contributed by atoms with Crippen molar-refractivity contribution in [2.24, 2.45) is 0 Å². The summed E-state index contributed by atoms with van der Waals surface area (Å²) < 4.78 is 53.8. The van der Waals surface area contributed by atoms with E-state index in [9.17, 15) is 22.4 Å². The largest absolute Gasteiger partial charge is 0.471 e. The summed E-state index contributed by atoms with van der Waals surface area (Å²) in [6.07, 6.45) is -1.69. The molecule has 9 heteroatoms. The first-order chi connectivity index (χ1) is 10.9. The Labute approximate surface area is 131 Å². The molecule has 0 radical (unpaired) electrons. The third-order valence-corrected chi connectivity index (χ3v) is 2.74. The molecule has 0 atom stereocenters. The topological polar surface area (TPSA) is 63.2 Å². The number of carbonyl (C=O) groups is 1. The van der Waals surface area contributed by atoms with E-state index >= 15 is 0 Å². The zero-order chi connectivity index (χ0) is 17.3. The number of carbonyl (C=O) groups excluding carboxylic acids is 1. The smallest absolute Gasteiger partial charge is 0.340 e. The van der Waals surface area contributed by atoms with Crippen LogP contribution in [0.25, 0.3) is 0 Å². The van der Waals surface area contributed by atoms with Crippen molar-refractivity contribution >= 4 is 5.91 Å². The van der Waals surface area contributed by atoms with Gasteiger partial charge in [0, 0.05) is 25.4 Å². The van der Waals surface area contributed by atoms with Crippen LogP contribution >= 0.6 is 0 Å². The molecular formula is C14H19F4N3O2. The number of pyridine rings is 1. The van der Waals surface area contributed by atoms with Gasteiger partial charge in [-0.1, -0.05) is 6.92 Å². The van der Waals surface area contributed by atoms with Crippen LogP contribution in [0.3, 0.4) is 0 Å². The fourth-order valence-electron chi connectivity index (χ4n) is 1.50. The highest BCUT2D eigenvalue weighted by Crippen LogP contribution is 2.23. The number of hydrogen-bond acceptors (Lipinski definition) is 4. The number of amides is 1. The van der Waals surface area contributed by atoms with Gasteiger partial charge >= 0.3 is 12.3 Å². The monoisotopic (exact) mass is 337 g/mol. The zero-order valence-corrected chi connectivity index (χ0v) is 12.6. The van der Waals surface area contributed by atoms with Gasteiger partial charge in [0.25, 0.3) is 5.91 Å². The van der Waals surface area contributed by atoms with Crippen LogP contribution in [0, 0.1) is 0 Å². The molecule has 0 saturated carbocycles. The van der Waals surface area contributed by atoms with Crippen molar-refractivity contribution in [2.45, 2.75) is 25.7 Å². The van der Waals surface area contributed by atoms with Crippen LogP contribution in [0.2, 0.25) is 0 Å². The van der Waals surface area contributed by atoms with Crippen LogP contribution in [0.1, 0.15) is 23.7 Å². The maximum Gasteiger partial charge on any atom is 0.340 e. The molecule has 0 aromatic carbocycles. The van der Waals surface area contributed by atoms with E-state index in [-0.39, 0.29) is 17.4 Å². The fraction of sp³-hybridized carbons (Fsp3) is 0.571. The second kappa shape index (κ2) is 9.29. The van der Waals surface area contributed by atoms with Crippen molar-refractivity contribution < 1.29 is 27.1 Å². The van der Waals surface area contributed by atoms with Gasteiger partial charge in [0.15, 0.2) is 6.61 Å². The summed E-state index contributed by atoms with van der Waals surface area (Å²) in [5, 5.41) is 5.76. The van der Waals surface area contributed by atoms with Crippen molar-refractivity contribution in [1.82, 2.24) is 15.6 Å². The molecule has 0 fully saturated rings. The molecule has 0 aliphatic rings. The molecular weight excluding hydrogens is 318 g/mol.